The second kappa shape index (κ2) is 5.46. The molecule has 0 atom stereocenters. The number of nitrogens with one attached hydrogen (secondary N) is 1. The molecule has 1 aromatic rings. The second-order valence-electron chi connectivity index (χ2n) is 4.69. The molecule has 1 fully saturated rings. The minimum absolute atomic E-state index is 0.690. The van der Waals surface area contributed by atoms with Gasteiger partial charge in [-0.15, -0.1) is 0 Å². The predicted molar refractivity (Wildman–Crippen MR) is 63.1 cm³/mol. The maximum Gasteiger partial charge on any atom is 0.150 e. The van der Waals surface area contributed by atoms with Gasteiger partial charge in [-0.1, -0.05) is 5.16 Å². The lowest BCUT2D eigenvalue weighted by atomic mass is 9.90. The maximum absolute atomic E-state index is 5.13. The molecule has 0 aliphatic heterocycles. The average molecular weight is 223 g/mol. The number of hydrogen-bond acceptors (Lipinski definition) is 4. The molecule has 1 N–H and O–H groups in total. The minimum atomic E-state index is 0.690. The lowest BCUT2D eigenvalue weighted by molar-refractivity contribution is 0.156. The van der Waals surface area contributed by atoms with Gasteiger partial charge in [-0.3, -0.25) is 4.90 Å². The lowest BCUT2D eigenvalue weighted by Crippen LogP contribution is -2.39. The summed E-state index contributed by atoms with van der Waals surface area (Å²) in [5.41, 5.74) is 0. The Bertz CT molecular complexity index is 291. The second-order valence-corrected chi connectivity index (χ2v) is 4.69. The van der Waals surface area contributed by atoms with Gasteiger partial charge in [-0.05, 0) is 39.8 Å². The number of rotatable bonds is 4. The van der Waals surface area contributed by atoms with Crippen LogP contribution in [0.25, 0.3) is 0 Å². The van der Waals surface area contributed by atoms with Crippen LogP contribution in [-0.2, 0) is 6.54 Å². The van der Waals surface area contributed by atoms with Crippen LogP contribution in [0.1, 0.15) is 31.4 Å². The monoisotopic (exact) mass is 223 g/mol. The molecule has 0 bridgehead atoms. The van der Waals surface area contributed by atoms with Crippen LogP contribution >= 0.6 is 0 Å². The van der Waals surface area contributed by atoms with E-state index in [9.17, 15) is 0 Å². The van der Waals surface area contributed by atoms with Crippen LogP contribution in [0, 0.1) is 0 Å². The van der Waals surface area contributed by atoms with E-state index in [4.69, 9.17) is 4.52 Å². The number of nitrogens with zero attached hydrogens (tertiary/aromatic N) is 2. The molecule has 1 saturated carbocycles. The Hall–Kier alpha value is -0.870. The molecule has 0 radical (unpaired) electrons. The Morgan fingerprint density at radius 3 is 2.75 bits per heavy atom. The van der Waals surface area contributed by atoms with Crippen molar-refractivity contribution in [3.8, 4) is 0 Å². The number of hydrogen-bond donors (Lipinski definition) is 1. The van der Waals surface area contributed by atoms with Crippen LogP contribution in [-0.4, -0.2) is 36.2 Å². The van der Waals surface area contributed by atoms with Crippen molar-refractivity contribution >= 4 is 0 Å². The molecule has 0 unspecified atom stereocenters. The third-order valence-electron chi connectivity index (χ3n) is 3.62. The molecular weight excluding hydrogens is 202 g/mol. The molecule has 2 rings (SSSR count). The van der Waals surface area contributed by atoms with Gasteiger partial charge in [0, 0.05) is 18.2 Å². The van der Waals surface area contributed by atoms with E-state index in [1.54, 1.807) is 6.20 Å². The van der Waals surface area contributed by atoms with Crippen LogP contribution in [0.2, 0.25) is 0 Å². The van der Waals surface area contributed by atoms with Crippen molar-refractivity contribution < 1.29 is 4.52 Å². The van der Waals surface area contributed by atoms with E-state index < -0.39 is 0 Å². The molecular formula is C12H21N3O. The first-order chi connectivity index (χ1) is 7.79. The van der Waals surface area contributed by atoms with E-state index in [1.807, 2.05) is 6.07 Å². The summed E-state index contributed by atoms with van der Waals surface area (Å²) in [7, 11) is 4.23. The highest BCUT2D eigenvalue weighted by molar-refractivity contribution is 4.93. The highest BCUT2D eigenvalue weighted by Gasteiger charge is 2.23. The summed E-state index contributed by atoms with van der Waals surface area (Å²) in [5, 5.41) is 7.10. The SMILES string of the molecule is CNC1CCC(N(C)Cc2ccno2)CC1. The largest absolute Gasteiger partial charge is 0.360 e. The van der Waals surface area contributed by atoms with Crippen molar-refractivity contribution in [3.63, 3.8) is 0 Å². The van der Waals surface area contributed by atoms with Crippen LogP contribution in [0.15, 0.2) is 16.8 Å². The van der Waals surface area contributed by atoms with Gasteiger partial charge in [0.25, 0.3) is 0 Å². The van der Waals surface area contributed by atoms with Crippen LogP contribution < -0.4 is 5.32 Å². The van der Waals surface area contributed by atoms with Gasteiger partial charge >= 0.3 is 0 Å². The predicted octanol–water partition coefficient (Wildman–Crippen LogP) is 1.64. The van der Waals surface area contributed by atoms with E-state index >= 15 is 0 Å². The molecule has 1 heterocycles. The van der Waals surface area contributed by atoms with Gasteiger partial charge in [0.15, 0.2) is 5.76 Å². The highest BCUT2D eigenvalue weighted by Crippen LogP contribution is 2.23. The Morgan fingerprint density at radius 2 is 2.19 bits per heavy atom. The van der Waals surface area contributed by atoms with Crippen molar-refractivity contribution in [1.82, 2.24) is 15.4 Å². The van der Waals surface area contributed by atoms with Crippen molar-refractivity contribution in [1.29, 1.82) is 0 Å². The summed E-state index contributed by atoms with van der Waals surface area (Å²) in [4.78, 5) is 2.38. The quantitative estimate of drug-likeness (QED) is 0.842. The van der Waals surface area contributed by atoms with Crippen molar-refractivity contribution in [2.75, 3.05) is 14.1 Å². The zero-order chi connectivity index (χ0) is 11.4. The van der Waals surface area contributed by atoms with Crippen LogP contribution in [0.5, 0.6) is 0 Å². The van der Waals surface area contributed by atoms with E-state index in [1.165, 1.54) is 25.7 Å². The Balaban J connectivity index is 1.80. The molecule has 0 aromatic carbocycles. The van der Waals surface area contributed by atoms with Crippen molar-refractivity contribution in [2.24, 2.45) is 0 Å². The summed E-state index contributed by atoms with van der Waals surface area (Å²) in [5.74, 6) is 0.957. The van der Waals surface area contributed by atoms with Gasteiger partial charge in [-0.25, -0.2) is 0 Å². The van der Waals surface area contributed by atoms with E-state index in [2.05, 4.69) is 29.5 Å². The summed E-state index contributed by atoms with van der Waals surface area (Å²) in [6.07, 6.45) is 6.82. The first-order valence-corrected chi connectivity index (χ1v) is 6.06. The fourth-order valence-corrected chi connectivity index (χ4v) is 2.50. The maximum atomic E-state index is 5.13. The third-order valence-corrected chi connectivity index (χ3v) is 3.62. The van der Waals surface area contributed by atoms with Gasteiger partial charge in [0.2, 0.25) is 0 Å². The van der Waals surface area contributed by atoms with Gasteiger partial charge in [-0.2, -0.15) is 0 Å². The van der Waals surface area contributed by atoms with Gasteiger partial charge in [0.05, 0.1) is 12.7 Å². The minimum Gasteiger partial charge on any atom is -0.360 e. The van der Waals surface area contributed by atoms with Crippen LogP contribution in [0.3, 0.4) is 0 Å². The van der Waals surface area contributed by atoms with E-state index in [-0.39, 0.29) is 0 Å². The van der Waals surface area contributed by atoms with Crippen molar-refractivity contribution in [2.45, 2.75) is 44.3 Å². The summed E-state index contributed by atoms with van der Waals surface area (Å²) < 4.78 is 5.13. The normalized spacial score (nSPS) is 26.2. The molecule has 0 amide bonds. The molecule has 4 heteroatoms. The zero-order valence-corrected chi connectivity index (χ0v) is 10.1. The fourth-order valence-electron chi connectivity index (χ4n) is 2.50. The first kappa shape index (κ1) is 11.6. The molecule has 90 valence electrons. The smallest absolute Gasteiger partial charge is 0.150 e. The Labute approximate surface area is 97.0 Å². The first-order valence-electron chi connectivity index (χ1n) is 6.06. The van der Waals surface area contributed by atoms with E-state index in [0.717, 1.165) is 18.3 Å². The number of aromatic nitrogens is 1. The zero-order valence-electron chi connectivity index (χ0n) is 10.1. The molecule has 4 nitrogen and oxygen atoms in total. The average Bonchev–Trinajstić information content (AvgIpc) is 2.82. The van der Waals surface area contributed by atoms with E-state index in [0.29, 0.717) is 6.04 Å². The molecule has 0 spiro atoms. The van der Waals surface area contributed by atoms with Crippen LogP contribution in [0.4, 0.5) is 0 Å². The van der Waals surface area contributed by atoms with Gasteiger partial charge < -0.3 is 9.84 Å². The topological polar surface area (TPSA) is 41.3 Å². The van der Waals surface area contributed by atoms with Gasteiger partial charge in [0.1, 0.15) is 0 Å². The summed E-state index contributed by atoms with van der Waals surface area (Å²) >= 11 is 0. The Kier molecular flexibility index (Phi) is 3.96. The molecule has 1 aliphatic carbocycles. The fraction of sp³-hybridized carbons (Fsp3) is 0.750. The standard InChI is InChI=1S/C12H21N3O/c1-13-10-3-5-11(6-4-10)15(2)9-12-7-8-14-16-12/h7-8,10-11,13H,3-6,9H2,1-2H3. The molecule has 0 saturated heterocycles. The highest BCUT2D eigenvalue weighted by atomic mass is 16.5. The molecule has 1 aliphatic rings. The molecule has 16 heavy (non-hydrogen) atoms. The summed E-state index contributed by atoms with van der Waals surface area (Å²) in [6.45, 7) is 0.870. The third kappa shape index (κ3) is 2.83. The lowest BCUT2D eigenvalue weighted by Gasteiger charge is -2.34. The van der Waals surface area contributed by atoms with Crippen molar-refractivity contribution in [3.05, 3.63) is 18.0 Å². The summed E-state index contributed by atoms with van der Waals surface area (Å²) in [6, 6.07) is 3.35. The molecule has 1 aromatic heterocycles. The Morgan fingerprint density at radius 1 is 1.44 bits per heavy atom.